The molecule has 128 valence electrons. The minimum Gasteiger partial charge on any atom is -0.341 e. The SMILES string of the molecule is CC[C@H](C(=O)N(C)C1Cc2ccc(C(C)(C)C)cc2C1)N(C)C. The molecule has 3 heteroatoms. The van der Waals surface area contributed by atoms with Gasteiger partial charge in [-0.25, -0.2) is 0 Å². The Bertz CT molecular complexity index is 571. The summed E-state index contributed by atoms with van der Waals surface area (Å²) in [6.07, 6.45) is 2.81. The number of benzene rings is 1. The maximum absolute atomic E-state index is 12.8. The lowest BCUT2D eigenvalue weighted by molar-refractivity contribution is -0.136. The first-order valence-electron chi connectivity index (χ1n) is 8.70. The van der Waals surface area contributed by atoms with Gasteiger partial charge >= 0.3 is 0 Å². The minimum absolute atomic E-state index is 0.0196. The zero-order valence-corrected chi connectivity index (χ0v) is 15.8. The number of hydrogen-bond acceptors (Lipinski definition) is 2. The Labute approximate surface area is 141 Å². The maximum atomic E-state index is 12.8. The van der Waals surface area contributed by atoms with Gasteiger partial charge in [0.1, 0.15) is 0 Å². The molecule has 0 fully saturated rings. The van der Waals surface area contributed by atoms with E-state index < -0.39 is 0 Å². The molecule has 23 heavy (non-hydrogen) atoms. The molecule has 0 spiro atoms. The third kappa shape index (κ3) is 3.77. The van der Waals surface area contributed by atoms with Crippen molar-refractivity contribution in [3.8, 4) is 0 Å². The van der Waals surface area contributed by atoms with E-state index in [4.69, 9.17) is 0 Å². The van der Waals surface area contributed by atoms with Crippen LogP contribution in [0, 0.1) is 0 Å². The third-order valence-electron chi connectivity index (χ3n) is 5.17. The summed E-state index contributed by atoms with van der Waals surface area (Å²) >= 11 is 0. The first-order valence-corrected chi connectivity index (χ1v) is 8.70. The number of carbonyl (C=O) groups is 1. The molecular formula is C20H32N2O. The zero-order chi connectivity index (χ0) is 17.4. The number of hydrogen-bond donors (Lipinski definition) is 0. The molecule has 1 aromatic carbocycles. The summed E-state index contributed by atoms with van der Waals surface area (Å²) in [5.41, 5.74) is 4.37. The van der Waals surface area contributed by atoms with Crippen LogP contribution in [-0.2, 0) is 23.1 Å². The van der Waals surface area contributed by atoms with Crippen LogP contribution in [0.3, 0.4) is 0 Å². The zero-order valence-electron chi connectivity index (χ0n) is 15.8. The molecule has 0 aromatic heterocycles. The van der Waals surface area contributed by atoms with Crippen LogP contribution in [-0.4, -0.2) is 48.9 Å². The second kappa shape index (κ2) is 6.64. The predicted octanol–water partition coefficient (Wildman–Crippen LogP) is 3.25. The first-order chi connectivity index (χ1) is 10.6. The van der Waals surface area contributed by atoms with Crippen LogP contribution in [0.2, 0.25) is 0 Å². The standard InChI is InChI=1S/C20H32N2O/c1-8-18(21(5)6)19(23)22(7)17-12-14-9-10-16(20(2,3)4)11-15(14)13-17/h9-11,17-18H,8,12-13H2,1-7H3/t17?,18-/m1/s1. The van der Waals surface area contributed by atoms with Gasteiger partial charge in [-0.2, -0.15) is 0 Å². The summed E-state index contributed by atoms with van der Waals surface area (Å²) in [5, 5.41) is 0. The van der Waals surface area contributed by atoms with E-state index in [-0.39, 0.29) is 17.4 Å². The van der Waals surface area contributed by atoms with Crippen LogP contribution in [0.15, 0.2) is 18.2 Å². The van der Waals surface area contributed by atoms with Crippen LogP contribution in [0.5, 0.6) is 0 Å². The Morgan fingerprint density at radius 2 is 1.78 bits per heavy atom. The van der Waals surface area contributed by atoms with Crippen molar-refractivity contribution >= 4 is 5.91 Å². The Hall–Kier alpha value is -1.35. The predicted molar refractivity (Wildman–Crippen MR) is 96.9 cm³/mol. The van der Waals surface area contributed by atoms with Crippen molar-refractivity contribution in [3.05, 3.63) is 34.9 Å². The lowest BCUT2D eigenvalue weighted by Crippen LogP contribution is -2.48. The third-order valence-corrected chi connectivity index (χ3v) is 5.17. The van der Waals surface area contributed by atoms with Gasteiger partial charge in [0.25, 0.3) is 0 Å². The monoisotopic (exact) mass is 316 g/mol. The van der Waals surface area contributed by atoms with E-state index in [1.165, 1.54) is 16.7 Å². The lowest BCUT2D eigenvalue weighted by atomic mass is 9.85. The summed E-state index contributed by atoms with van der Waals surface area (Å²) in [4.78, 5) is 16.8. The quantitative estimate of drug-likeness (QED) is 0.851. The Morgan fingerprint density at radius 1 is 1.17 bits per heavy atom. The topological polar surface area (TPSA) is 23.6 Å². The molecule has 0 saturated carbocycles. The van der Waals surface area contributed by atoms with Crippen LogP contribution in [0.1, 0.15) is 50.8 Å². The largest absolute Gasteiger partial charge is 0.341 e. The molecule has 2 atom stereocenters. The maximum Gasteiger partial charge on any atom is 0.239 e. The Morgan fingerprint density at radius 3 is 2.30 bits per heavy atom. The van der Waals surface area contributed by atoms with Crippen LogP contribution in [0.4, 0.5) is 0 Å². The van der Waals surface area contributed by atoms with Crippen molar-refractivity contribution in [2.24, 2.45) is 0 Å². The molecule has 0 bridgehead atoms. The van der Waals surface area contributed by atoms with Gasteiger partial charge < -0.3 is 4.90 Å². The lowest BCUT2D eigenvalue weighted by Gasteiger charge is -2.31. The molecule has 1 aromatic rings. The van der Waals surface area contributed by atoms with E-state index in [1.54, 1.807) is 0 Å². The smallest absolute Gasteiger partial charge is 0.239 e. The molecule has 1 aliphatic rings. The highest BCUT2D eigenvalue weighted by Crippen LogP contribution is 2.31. The van der Waals surface area contributed by atoms with Gasteiger partial charge in [-0.15, -0.1) is 0 Å². The molecule has 2 rings (SSSR count). The average molecular weight is 316 g/mol. The Balaban J connectivity index is 2.14. The normalized spacial score (nSPS) is 18.9. The summed E-state index contributed by atoms with van der Waals surface area (Å²) in [6, 6.07) is 7.13. The molecule has 0 saturated heterocycles. The van der Waals surface area contributed by atoms with Crippen LogP contribution < -0.4 is 0 Å². The molecule has 0 radical (unpaired) electrons. The summed E-state index contributed by atoms with van der Waals surface area (Å²) in [5.74, 6) is 0.242. The molecule has 3 nitrogen and oxygen atoms in total. The van der Waals surface area contributed by atoms with E-state index in [0.29, 0.717) is 6.04 Å². The van der Waals surface area contributed by atoms with Gasteiger partial charge in [0, 0.05) is 13.1 Å². The Kier molecular flexibility index (Phi) is 5.20. The highest BCUT2D eigenvalue weighted by Gasteiger charge is 2.31. The fourth-order valence-corrected chi connectivity index (χ4v) is 3.51. The number of amides is 1. The molecule has 1 amide bonds. The average Bonchev–Trinajstić information content (AvgIpc) is 2.88. The van der Waals surface area contributed by atoms with Crippen molar-refractivity contribution in [3.63, 3.8) is 0 Å². The molecule has 0 aliphatic heterocycles. The molecule has 0 heterocycles. The van der Waals surface area contributed by atoms with Crippen molar-refractivity contribution < 1.29 is 4.79 Å². The van der Waals surface area contributed by atoms with Crippen molar-refractivity contribution in [2.75, 3.05) is 21.1 Å². The number of rotatable bonds is 4. The fraction of sp³-hybridized carbons (Fsp3) is 0.650. The van der Waals surface area contributed by atoms with Crippen LogP contribution in [0.25, 0.3) is 0 Å². The second-order valence-electron chi connectivity index (χ2n) is 8.13. The molecule has 0 N–H and O–H groups in total. The first kappa shape index (κ1) is 18.0. The van der Waals surface area contributed by atoms with Gasteiger partial charge in [-0.3, -0.25) is 9.69 Å². The van der Waals surface area contributed by atoms with Crippen molar-refractivity contribution in [1.29, 1.82) is 0 Å². The highest BCUT2D eigenvalue weighted by molar-refractivity contribution is 5.82. The van der Waals surface area contributed by atoms with Gasteiger partial charge in [0.05, 0.1) is 6.04 Å². The van der Waals surface area contributed by atoms with E-state index in [1.807, 2.05) is 30.9 Å². The van der Waals surface area contributed by atoms with Gasteiger partial charge in [0.2, 0.25) is 5.91 Å². The van der Waals surface area contributed by atoms with Gasteiger partial charge in [-0.05, 0) is 55.5 Å². The molecule has 1 aliphatic carbocycles. The van der Waals surface area contributed by atoms with E-state index in [0.717, 1.165) is 19.3 Å². The number of likely N-dealkylation sites (N-methyl/N-ethyl adjacent to an activating group) is 2. The highest BCUT2D eigenvalue weighted by atomic mass is 16.2. The fourth-order valence-electron chi connectivity index (χ4n) is 3.51. The number of carbonyl (C=O) groups excluding carboxylic acids is 1. The van der Waals surface area contributed by atoms with Gasteiger partial charge in [0.15, 0.2) is 0 Å². The van der Waals surface area contributed by atoms with E-state index in [9.17, 15) is 4.79 Å². The van der Waals surface area contributed by atoms with E-state index in [2.05, 4.69) is 45.9 Å². The number of fused-ring (bicyclic) bond motifs is 1. The second-order valence-corrected chi connectivity index (χ2v) is 8.13. The summed E-state index contributed by atoms with van der Waals surface area (Å²) < 4.78 is 0. The number of nitrogens with zero attached hydrogens (tertiary/aromatic N) is 2. The van der Waals surface area contributed by atoms with Gasteiger partial charge in [-0.1, -0.05) is 45.9 Å². The van der Waals surface area contributed by atoms with Crippen molar-refractivity contribution in [2.45, 2.75) is 64.5 Å². The molecule has 1 unspecified atom stereocenters. The van der Waals surface area contributed by atoms with E-state index >= 15 is 0 Å². The summed E-state index contributed by atoms with van der Waals surface area (Å²) in [6.45, 7) is 8.83. The minimum atomic E-state index is -0.0196. The summed E-state index contributed by atoms with van der Waals surface area (Å²) in [7, 11) is 5.94. The molecular weight excluding hydrogens is 284 g/mol. The van der Waals surface area contributed by atoms with Crippen molar-refractivity contribution in [1.82, 2.24) is 9.80 Å². The van der Waals surface area contributed by atoms with Crippen LogP contribution >= 0.6 is 0 Å².